The summed E-state index contributed by atoms with van der Waals surface area (Å²) >= 11 is 3.56. The van der Waals surface area contributed by atoms with Crippen molar-refractivity contribution in [3.8, 4) is 5.75 Å². The van der Waals surface area contributed by atoms with Gasteiger partial charge in [0.15, 0.2) is 6.29 Å². The van der Waals surface area contributed by atoms with E-state index in [0.717, 1.165) is 35.2 Å². The summed E-state index contributed by atoms with van der Waals surface area (Å²) in [7, 11) is 0. The molecule has 0 bridgehead atoms. The molecule has 0 aromatic heterocycles. The molecule has 0 N–H and O–H groups in total. The highest BCUT2D eigenvalue weighted by Gasteiger charge is 2.24. The van der Waals surface area contributed by atoms with Crippen LogP contribution in [0.5, 0.6) is 5.75 Å². The fourth-order valence-electron chi connectivity index (χ4n) is 1.94. The lowest BCUT2D eigenvalue weighted by Gasteiger charge is -2.17. The zero-order valence-electron chi connectivity index (χ0n) is 10.9. The van der Waals surface area contributed by atoms with Gasteiger partial charge in [-0.2, -0.15) is 0 Å². The second-order valence-corrected chi connectivity index (χ2v) is 5.29. The van der Waals surface area contributed by atoms with Gasteiger partial charge >= 0.3 is 0 Å². The maximum atomic E-state index is 5.87. The Morgan fingerprint density at radius 2 is 2.06 bits per heavy atom. The number of benzene rings is 1. The van der Waals surface area contributed by atoms with Gasteiger partial charge in [0.25, 0.3) is 0 Å². The van der Waals surface area contributed by atoms with Gasteiger partial charge in [0.2, 0.25) is 0 Å². The van der Waals surface area contributed by atoms with Gasteiger partial charge in [0, 0.05) is 0 Å². The largest absolute Gasteiger partial charge is 0.492 e. The average molecular weight is 315 g/mol. The Morgan fingerprint density at radius 3 is 2.72 bits per heavy atom. The van der Waals surface area contributed by atoms with Crippen LogP contribution < -0.4 is 4.74 Å². The van der Waals surface area contributed by atoms with E-state index in [1.807, 2.05) is 0 Å². The molecule has 1 saturated heterocycles. The molecule has 1 aliphatic heterocycles. The highest BCUT2D eigenvalue weighted by Crippen LogP contribution is 2.37. The molecule has 0 unspecified atom stereocenters. The van der Waals surface area contributed by atoms with Gasteiger partial charge in [-0.15, -0.1) is 0 Å². The molecule has 0 spiro atoms. The molecule has 100 valence electrons. The maximum Gasteiger partial charge on any atom is 0.187 e. The first-order valence-corrected chi connectivity index (χ1v) is 7.17. The Hall–Kier alpha value is -0.580. The Labute approximate surface area is 117 Å². The van der Waals surface area contributed by atoms with Crippen molar-refractivity contribution in [1.29, 1.82) is 0 Å². The van der Waals surface area contributed by atoms with E-state index in [1.165, 1.54) is 5.56 Å². The quantitative estimate of drug-likeness (QED) is 0.769. The first kappa shape index (κ1) is 13.8. The van der Waals surface area contributed by atoms with Gasteiger partial charge < -0.3 is 14.2 Å². The summed E-state index contributed by atoms with van der Waals surface area (Å²) in [6.45, 7) is 6.21. The summed E-state index contributed by atoms with van der Waals surface area (Å²) < 4.78 is 18.0. The summed E-state index contributed by atoms with van der Waals surface area (Å²) in [6.07, 6.45) is 1.87. The van der Waals surface area contributed by atoms with E-state index >= 15 is 0 Å². The van der Waals surface area contributed by atoms with Crippen molar-refractivity contribution in [1.82, 2.24) is 0 Å². The molecule has 0 aliphatic carbocycles. The lowest BCUT2D eigenvalue weighted by atomic mass is 10.1. The SMILES string of the molecule is CCCCOc1c(Br)cc(C)cc1C1OCCO1. The topological polar surface area (TPSA) is 27.7 Å². The van der Waals surface area contributed by atoms with Gasteiger partial charge in [-0.25, -0.2) is 0 Å². The Morgan fingerprint density at radius 1 is 1.33 bits per heavy atom. The summed E-state index contributed by atoms with van der Waals surface area (Å²) in [4.78, 5) is 0. The molecular formula is C14H19BrO3. The van der Waals surface area contributed by atoms with Crippen LogP contribution in [0.2, 0.25) is 0 Å². The molecule has 4 heteroatoms. The molecule has 1 aromatic carbocycles. The minimum Gasteiger partial charge on any atom is -0.492 e. The number of halogens is 1. The minimum atomic E-state index is -0.294. The lowest BCUT2D eigenvalue weighted by Crippen LogP contribution is -2.06. The number of unbranched alkanes of at least 4 members (excludes halogenated alkanes) is 1. The summed E-state index contributed by atoms with van der Waals surface area (Å²) in [5.74, 6) is 0.848. The van der Waals surface area contributed by atoms with Crippen LogP contribution in [-0.2, 0) is 9.47 Å². The van der Waals surface area contributed by atoms with Crippen molar-refractivity contribution in [2.45, 2.75) is 33.0 Å². The smallest absolute Gasteiger partial charge is 0.187 e. The van der Waals surface area contributed by atoms with Gasteiger partial charge in [-0.3, -0.25) is 0 Å². The van der Waals surface area contributed by atoms with Crippen LogP contribution >= 0.6 is 15.9 Å². The van der Waals surface area contributed by atoms with Crippen LogP contribution in [0.25, 0.3) is 0 Å². The van der Waals surface area contributed by atoms with Crippen LogP contribution in [0.1, 0.15) is 37.2 Å². The highest BCUT2D eigenvalue weighted by atomic mass is 79.9. The van der Waals surface area contributed by atoms with Crippen molar-refractivity contribution < 1.29 is 14.2 Å². The molecule has 1 aliphatic rings. The molecule has 18 heavy (non-hydrogen) atoms. The number of rotatable bonds is 5. The molecular weight excluding hydrogens is 296 g/mol. The standard InChI is InChI=1S/C14H19BrO3/c1-3-4-5-16-13-11(14-17-6-7-18-14)8-10(2)9-12(13)15/h8-9,14H,3-7H2,1-2H3. The van der Waals surface area contributed by atoms with Gasteiger partial charge in [0.1, 0.15) is 5.75 Å². The number of ether oxygens (including phenoxy) is 3. The van der Waals surface area contributed by atoms with Crippen molar-refractivity contribution in [3.63, 3.8) is 0 Å². The molecule has 1 aromatic rings. The van der Waals surface area contributed by atoms with E-state index in [0.29, 0.717) is 13.2 Å². The summed E-state index contributed by atoms with van der Waals surface area (Å²) in [5, 5.41) is 0. The lowest BCUT2D eigenvalue weighted by molar-refractivity contribution is -0.0458. The summed E-state index contributed by atoms with van der Waals surface area (Å²) in [6, 6.07) is 4.13. The normalized spacial score (nSPS) is 16.2. The van der Waals surface area contributed by atoms with Crippen LogP contribution in [0.4, 0.5) is 0 Å². The zero-order valence-corrected chi connectivity index (χ0v) is 12.5. The first-order valence-electron chi connectivity index (χ1n) is 6.38. The van der Waals surface area contributed by atoms with Crippen LogP contribution in [-0.4, -0.2) is 19.8 Å². The average Bonchev–Trinajstić information content (AvgIpc) is 2.85. The monoisotopic (exact) mass is 314 g/mol. The minimum absolute atomic E-state index is 0.294. The molecule has 1 heterocycles. The second-order valence-electron chi connectivity index (χ2n) is 4.44. The Kier molecular flexibility index (Phi) is 5.03. The Balaban J connectivity index is 2.23. The predicted octanol–water partition coefficient (Wildman–Crippen LogP) is 3.98. The fourth-order valence-corrected chi connectivity index (χ4v) is 2.64. The molecule has 3 nitrogen and oxygen atoms in total. The van der Waals surface area contributed by atoms with Crippen molar-refractivity contribution in [3.05, 3.63) is 27.7 Å². The van der Waals surface area contributed by atoms with Crippen molar-refractivity contribution in [2.24, 2.45) is 0 Å². The van der Waals surface area contributed by atoms with E-state index in [2.05, 4.69) is 41.9 Å². The Bertz CT molecular complexity index is 400. The highest BCUT2D eigenvalue weighted by molar-refractivity contribution is 9.10. The van der Waals surface area contributed by atoms with Gasteiger partial charge in [-0.05, 0) is 47.0 Å². The molecule has 0 amide bonds. The van der Waals surface area contributed by atoms with E-state index in [4.69, 9.17) is 14.2 Å². The van der Waals surface area contributed by atoms with Crippen molar-refractivity contribution in [2.75, 3.05) is 19.8 Å². The first-order chi connectivity index (χ1) is 8.72. The second kappa shape index (κ2) is 6.55. The van der Waals surface area contributed by atoms with Gasteiger partial charge in [0.05, 0.1) is 29.9 Å². The third-order valence-corrected chi connectivity index (χ3v) is 3.43. The molecule has 0 atom stereocenters. The number of hydrogen-bond donors (Lipinski definition) is 0. The molecule has 1 fully saturated rings. The fraction of sp³-hybridized carbons (Fsp3) is 0.571. The molecule has 2 rings (SSSR count). The third-order valence-electron chi connectivity index (χ3n) is 2.84. The van der Waals surface area contributed by atoms with Gasteiger partial charge in [-0.1, -0.05) is 13.3 Å². The van der Waals surface area contributed by atoms with E-state index in [1.54, 1.807) is 0 Å². The third kappa shape index (κ3) is 3.25. The van der Waals surface area contributed by atoms with E-state index < -0.39 is 0 Å². The van der Waals surface area contributed by atoms with Crippen LogP contribution in [0.3, 0.4) is 0 Å². The summed E-state index contributed by atoms with van der Waals surface area (Å²) in [5.41, 5.74) is 2.15. The molecule has 0 saturated carbocycles. The van der Waals surface area contributed by atoms with E-state index in [-0.39, 0.29) is 6.29 Å². The maximum absolute atomic E-state index is 5.87. The predicted molar refractivity (Wildman–Crippen MR) is 73.9 cm³/mol. The molecule has 0 radical (unpaired) electrons. The van der Waals surface area contributed by atoms with Crippen LogP contribution in [0.15, 0.2) is 16.6 Å². The zero-order chi connectivity index (χ0) is 13.0. The van der Waals surface area contributed by atoms with E-state index in [9.17, 15) is 0 Å². The van der Waals surface area contributed by atoms with Crippen LogP contribution in [0, 0.1) is 6.92 Å². The number of hydrogen-bond acceptors (Lipinski definition) is 3. The number of aryl methyl sites for hydroxylation is 1. The van der Waals surface area contributed by atoms with Crippen molar-refractivity contribution >= 4 is 15.9 Å².